The normalized spacial score (nSPS) is 18.8. The van der Waals surface area contributed by atoms with Crippen LogP contribution in [0, 0.1) is 12.7 Å². The molecule has 5 rings (SSSR count). The lowest BCUT2D eigenvalue weighted by molar-refractivity contribution is 0.0695. The number of carbonyl (C=O) groups excluding carboxylic acids is 2. The highest BCUT2D eigenvalue weighted by molar-refractivity contribution is 5.99. The van der Waals surface area contributed by atoms with Crippen LogP contribution in [0.4, 0.5) is 4.39 Å². The van der Waals surface area contributed by atoms with Crippen molar-refractivity contribution in [3.8, 4) is 0 Å². The monoisotopic (exact) mass is 449 g/mol. The molecule has 2 aromatic heterocycles. The van der Waals surface area contributed by atoms with E-state index in [1.54, 1.807) is 18.3 Å². The van der Waals surface area contributed by atoms with Crippen molar-refractivity contribution in [2.24, 2.45) is 7.05 Å². The summed E-state index contributed by atoms with van der Waals surface area (Å²) < 4.78 is 15.4. The fourth-order valence-corrected chi connectivity index (χ4v) is 5.04. The molecule has 0 radical (unpaired) electrons. The fraction of sp³-hybridized carbons (Fsp3) is 0.440. The molecular weight excluding hydrogens is 421 g/mol. The van der Waals surface area contributed by atoms with Gasteiger partial charge in [0, 0.05) is 56.2 Å². The van der Waals surface area contributed by atoms with Gasteiger partial charge in [-0.15, -0.1) is 0 Å². The van der Waals surface area contributed by atoms with Crippen molar-refractivity contribution in [1.82, 2.24) is 24.3 Å². The number of fused-ring (bicyclic) bond motifs is 1. The van der Waals surface area contributed by atoms with Crippen LogP contribution in [0.2, 0.25) is 0 Å². The van der Waals surface area contributed by atoms with Gasteiger partial charge in [-0.05, 0) is 56.9 Å². The molecule has 2 fully saturated rings. The van der Waals surface area contributed by atoms with Crippen molar-refractivity contribution in [2.45, 2.75) is 38.5 Å². The Morgan fingerprint density at radius 2 is 1.79 bits per heavy atom. The summed E-state index contributed by atoms with van der Waals surface area (Å²) in [5.74, 6) is 0.316. The van der Waals surface area contributed by atoms with E-state index in [-0.39, 0.29) is 23.5 Å². The number of hydrogen-bond donors (Lipinski definition) is 0. The van der Waals surface area contributed by atoms with E-state index < -0.39 is 0 Å². The molecule has 0 bridgehead atoms. The van der Waals surface area contributed by atoms with Gasteiger partial charge in [-0.3, -0.25) is 9.59 Å². The van der Waals surface area contributed by atoms with Crippen LogP contribution in [0.1, 0.15) is 64.0 Å². The molecule has 0 spiro atoms. The number of likely N-dealkylation sites (tertiary alicyclic amines) is 2. The predicted molar refractivity (Wildman–Crippen MR) is 123 cm³/mol. The molecule has 3 aromatic rings. The summed E-state index contributed by atoms with van der Waals surface area (Å²) in [4.78, 5) is 39.0. The van der Waals surface area contributed by atoms with Crippen LogP contribution >= 0.6 is 0 Å². The van der Waals surface area contributed by atoms with E-state index in [2.05, 4.69) is 9.97 Å². The SMILES string of the molecule is Cc1nc(C2CCCN(C(=O)c3cc4cc(F)ccc4n3C)C2)ncc1C(=O)N1CCCC1. The quantitative estimate of drug-likeness (QED) is 0.612. The number of halogens is 1. The molecule has 2 amide bonds. The standard InChI is InChI=1S/C25H28FN5O2/c1-16-20(24(32)30-9-3-4-10-30)14-27-23(28-16)17-6-5-11-31(15-17)25(33)22-13-18-12-19(26)7-8-21(18)29(22)2/h7-8,12-14,17H,3-6,9-11,15H2,1-2H3. The zero-order chi connectivity index (χ0) is 23.1. The minimum absolute atomic E-state index is 0.00390. The number of benzene rings is 1. The smallest absolute Gasteiger partial charge is 0.270 e. The summed E-state index contributed by atoms with van der Waals surface area (Å²) in [5.41, 5.74) is 2.62. The number of piperidine rings is 1. The van der Waals surface area contributed by atoms with Crippen LogP contribution in [0.5, 0.6) is 0 Å². The Kier molecular flexibility index (Phi) is 5.60. The van der Waals surface area contributed by atoms with Gasteiger partial charge >= 0.3 is 0 Å². The number of amides is 2. The average molecular weight is 450 g/mol. The number of carbonyl (C=O) groups is 2. The Balaban J connectivity index is 1.34. The van der Waals surface area contributed by atoms with Crippen LogP contribution in [0.15, 0.2) is 30.5 Å². The molecule has 7 nitrogen and oxygen atoms in total. The molecule has 8 heteroatoms. The van der Waals surface area contributed by atoms with Crippen molar-refractivity contribution in [1.29, 1.82) is 0 Å². The third-order valence-corrected chi connectivity index (χ3v) is 6.92. The molecule has 1 atom stereocenters. The zero-order valence-electron chi connectivity index (χ0n) is 19.1. The summed E-state index contributed by atoms with van der Waals surface area (Å²) >= 11 is 0. The maximum absolute atomic E-state index is 13.6. The molecule has 2 aliphatic heterocycles. The van der Waals surface area contributed by atoms with E-state index in [1.807, 2.05) is 28.3 Å². The van der Waals surface area contributed by atoms with Gasteiger partial charge in [0.2, 0.25) is 0 Å². The Labute approximate surface area is 192 Å². The van der Waals surface area contributed by atoms with Crippen LogP contribution in [0.25, 0.3) is 10.9 Å². The Bertz CT molecular complexity index is 1230. The van der Waals surface area contributed by atoms with Crippen molar-refractivity contribution in [2.75, 3.05) is 26.2 Å². The lowest BCUT2D eigenvalue weighted by Crippen LogP contribution is -2.40. The van der Waals surface area contributed by atoms with E-state index in [4.69, 9.17) is 0 Å². The molecule has 1 unspecified atom stereocenters. The largest absolute Gasteiger partial charge is 0.340 e. The highest BCUT2D eigenvalue weighted by Gasteiger charge is 2.30. The van der Waals surface area contributed by atoms with E-state index in [1.165, 1.54) is 12.1 Å². The van der Waals surface area contributed by atoms with E-state index >= 15 is 0 Å². The van der Waals surface area contributed by atoms with Gasteiger partial charge < -0.3 is 14.4 Å². The second-order valence-electron chi connectivity index (χ2n) is 9.11. The van der Waals surface area contributed by atoms with Crippen LogP contribution in [0.3, 0.4) is 0 Å². The van der Waals surface area contributed by atoms with Gasteiger partial charge in [-0.25, -0.2) is 14.4 Å². The van der Waals surface area contributed by atoms with E-state index in [0.717, 1.165) is 44.3 Å². The third kappa shape index (κ3) is 3.98. The first-order valence-electron chi connectivity index (χ1n) is 11.6. The molecule has 2 saturated heterocycles. The highest BCUT2D eigenvalue weighted by Crippen LogP contribution is 2.28. The number of aromatic nitrogens is 3. The Morgan fingerprint density at radius 3 is 2.55 bits per heavy atom. The fourth-order valence-electron chi connectivity index (χ4n) is 5.04. The first kappa shape index (κ1) is 21.6. The summed E-state index contributed by atoms with van der Waals surface area (Å²) in [6.07, 6.45) is 5.48. The van der Waals surface area contributed by atoms with E-state index in [9.17, 15) is 14.0 Å². The van der Waals surface area contributed by atoms with Crippen LogP contribution < -0.4 is 0 Å². The van der Waals surface area contributed by atoms with Crippen LogP contribution in [-0.4, -0.2) is 62.3 Å². The minimum atomic E-state index is -0.315. The van der Waals surface area contributed by atoms with Gasteiger partial charge in [0.25, 0.3) is 11.8 Å². The molecule has 33 heavy (non-hydrogen) atoms. The molecule has 4 heterocycles. The molecule has 2 aliphatic rings. The maximum atomic E-state index is 13.6. The Morgan fingerprint density at radius 1 is 1.03 bits per heavy atom. The second-order valence-corrected chi connectivity index (χ2v) is 9.11. The van der Waals surface area contributed by atoms with Gasteiger partial charge in [-0.2, -0.15) is 0 Å². The minimum Gasteiger partial charge on any atom is -0.340 e. The predicted octanol–water partition coefficient (Wildman–Crippen LogP) is 3.67. The van der Waals surface area contributed by atoms with Gasteiger partial charge in [0.1, 0.15) is 17.3 Å². The summed E-state index contributed by atoms with van der Waals surface area (Å²) in [6.45, 7) is 4.62. The molecule has 0 saturated carbocycles. The zero-order valence-corrected chi connectivity index (χ0v) is 19.1. The maximum Gasteiger partial charge on any atom is 0.270 e. The van der Waals surface area contributed by atoms with Crippen LogP contribution in [-0.2, 0) is 7.05 Å². The lowest BCUT2D eigenvalue weighted by atomic mass is 9.96. The molecule has 172 valence electrons. The molecular formula is C25H28FN5O2. The molecule has 0 aliphatic carbocycles. The van der Waals surface area contributed by atoms with Crippen molar-refractivity contribution in [3.05, 3.63) is 59.1 Å². The van der Waals surface area contributed by atoms with Crippen molar-refractivity contribution in [3.63, 3.8) is 0 Å². The number of nitrogens with zero attached hydrogens (tertiary/aromatic N) is 5. The third-order valence-electron chi connectivity index (χ3n) is 6.92. The van der Waals surface area contributed by atoms with Crippen molar-refractivity contribution < 1.29 is 14.0 Å². The molecule has 1 aromatic carbocycles. The van der Waals surface area contributed by atoms with Gasteiger partial charge in [0.15, 0.2) is 0 Å². The first-order chi connectivity index (χ1) is 15.9. The van der Waals surface area contributed by atoms with E-state index in [0.29, 0.717) is 41.3 Å². The summed E-state index contributed by atoms with van der Waals surface area (Å²) in [6, 6.07) is 6.31. The topological polar surface area (TPSA) is 71.3 Å². The molecule has 0 N–H and O–H groups in total. The van der Waals surface area contributed by atoms with Gasteiger partial charge in [-0.1, -0.05) is 0 Å². The van der Waals surface area contributed by atoms with Crippen molar-refractivity contribution >= 4 is 22.7 Å². The second kappa shape index (κ2) is 8.57. The highest BCUT2D eigenvalue weighted by atomic mass is 19.1. The summed E-state index contributed by atoms with van der Waals surface area (Å²) in [5, 5.41) is 0.714. The van der Waals surface area contributed by atoms with Gasteiger partial charge in [0.05, 0.1) is 11.3 Å². The number of rotatable bonds is 3. The summed E-state index contributed by atoms with van der Waals surface area (Å²) in [7, 11) is 1.83. The number of hydrogen-bond acceptors (Lipinski definition) is 4. The lowest BCUT2D eigenvalue weighted by Gasteiger charge is -2.32. The average Bonchev–Trinajstić information content (AvgIpc) is 3.46. The Hall–Kier alpha value is -3.29. The number of aryl methyl sites for hydroxylation is 2. The first-order valence-corrected chi connectivity index (χ1v) is 11.6.